The fraction of sp³-hybridized carbons (Fsp3) is 0.400. The standard InChI is InChI=1S/C15H19N3/c1-12(11-13-7-8-13)17-15-16-9-10-18(15)14-5-3-2-4-6-14/h2-6,9-10,12-13H,7-8,11H2,1H3,(H,16,17). The van der Waals surface area contributed by atoms with Gasteiger partial charge in [-0.1, -0.05) is 31.0 Å². The second-order valence-corrected chi connectivity index (χ2v) is 5.18. The van der Waals surface area contributed by atoms with Crippen LogP contribution < -0.4 is 5.32 Å². The molecule has 3 heteroatoms. The monoisotopic (exact) mass is 241 g/mol. The average molecular weight is 241 g/mol. The second-order valence-electron chi connectivity index (χ2n) is 5.18. The third-order valence-electron chi connectivity index (χ3n) is 3.43. The zero-order chi connectivity index (χ0) is 12.4. The number of nitrogens with one attached hydrogen (secondary N) is 1. The molecule has 0 radical (unpaired) electrons. The highest BCUT2D eigenvalue weighted by Gasteiger charge is 2.23. The molecular weight excluding hydrogens is 222 g/mol. The first-order valence-electron chi connectivity index (χ1n) is 6.68. The maximum atomic E-state index is 4.41. The quantitative estimate of drug-likeness (QED) is 0.868. The Labute approximate surface area is 108 Å². The van der Waals surface area contributed by atoms with E-state index in [-0.39, 0.29) is 0 Å². The summed E-state index contributed by atoms with van der Waals surface area (Å²) in [5.74, 6) is 1.88. The van der Waals surface area contributed by atoms with E-state index in [9.17, 15) is 0 Å². The van der Waals surface area contributed by atoms with Gasteiger partial charge in [0.25, 0.3) is 0 Å². The number of aromatic nitrogens is 2. The Morgan fingerprint density at radius 1 is 1.33 bits per heavy atom. The van der Waals surface area contributed by atoms with Gasteiger partial charge < -0.3 is 5.32 Å². The van der Waals surface area contributed by atoms with Gasteiger partial charge in [-0.25, -0.2) is 4.98 Å². The Balaban J connectivity index is 1.74. The van der Waals surface area contributed by atoms with Crippen molar-refractivity contribution in [3.05, 3.63) is 42.7 Å². The molecule has 18 heavy (non-hydrogen) atoms. The summed E-state index contributed by atoms with van der Waals surface area (Å²) in [6.07, 6.45) is 7.90. The van der Waals surface area contributed by atoms with Crippen LogP contribution in [0.25, 0.3) is 5.69 Å². The summed E-state index contributed by atoms with van der Waals surface area (Å²) in [5, 5.41) is 3.51. The van der Waals surface area contributed by atoms with Crippen LogP contribution in [0.3, 0.4) is 0 Å². The van der Waals surface area contributed by atoms with Crippen LogP contribution in [0.2, 0.25) is 0 Å². The van der Waals surface area contributed by atoms with Crippen molar-refractivity contribution in [2.24, 2.45) is 5.92 Å². The topological polar surface area (TPSA) is 29.9 Å². The van der Waals surface area contributed by atoms with Gasteiger partial charge in [-0.2, -0.15) is 0 Å². The predicted molar refractivity (Wildman–Crippen MR) is 74.0 cm³/mol. The third kappa shape index (κ3) is 2.55. The molecule has 1 aromatic heterocycles. The Kier molecular flexibility index (Phi) is 3.05. The molecule has 0 spiro atoms. The van der Waals surface area contributed by atoms with Crippen LogP contribution in [0, 0.1) is 5.92 Å². The fourth-order valence-corrected chi connectivity index (χ4v) is 2.34. The first-order valence-corrected chi connectivity index (χ1v) is 6.68. The minimum atomic E-state index is 0.488. The molecule has 0 saturated heterocycles. The molecule has 1 aromatic carbocycles. The van der Waals surface area contributed by atoms with Gasteiger partial charge in [-0.15, -0.1) is 0 Å². The number of para-hydroxylation sites is 1. The van der Waals surface area contributed by atoms with Gasteiger partial charge in [-0.3, -0.25) is 4.57 Å². The lowest BCUT2D eigenvalue weighted by molar-refractivity contribution is 0.636. The van der Waals surface area contributed by atoms with Crippen LogP contribution in [-0.2, 0) is 0 Å². The van der Waals surface area contributed by atoms with Crippen molar-refractivity contribution in [2.75, 3.05) is 5.32 Å². The second kappa shape index (κ2) is 4.84. The summed E-state index contributed by atoms with van der Waals surface area (Å²) < 4.78 is 2.10. The average Bonchev–Trinajstić information content (AvgIpc) is 3.07. The van der Waals surface area contributed by atoms with Gasteiger partial charge >= 0.3 is 0 Å². The fourth-order valence-electron chi connectivity index (χ4n) is 2.34. The van der Waals surface area contributed by atoms with Crippen molar-refractivity contribution in [3.8, 4) is 5.69 Å². The van der Waals surface area contributed by atoms with E-state index < -0.39 is 0 Å². The molecule has 1 aliphatic carbocycles. The molecule has 0 bridgehead atoms. The summed E-state index contributed by atoms with van der Waals surface area (Å²) in [6, 6.07) is 10.8. The first kappa shape index (κ1) is 11.3. The zero-order valence-electron chi connectivity index (χ0n) is 10.7. The number of imidazole rings is 1. The molecule has 1 saturated carbocycles. The van der Waals surface area contributed by atoms with Crippen molar-refractivity contribution < 1.29 is 0 Å². The Morgan fingerprint density at radius 2 is 2.11 bits per heavy atom. The third-order valence-corrected chi connectivity index (χ3v) is 3.43. The molecule has 1 fully saturated rings. The number of benzene rings is 1. The van der Waals surface area contributed by atoms with E-state index in [0.29, 0.717) is 6.04 Å². The normalized spacial score (nSPS) is 16.5. The van der Waals surface area contributed by atoms with Crippen LogP contribution in [0.1, 0.15) is 26.2 Å². The Hall–Kier alpha value is -1.77. The van der Waals surface area contributed by atoms with Gasteiger partial charge in [0.15, 0.2) is 0 Å². The van der Waals surface area contributed by atoms with E-state index in [2.05, 4.69) is 33.9 Å². The molecule has 0 amide bonds. The van der Waals surface area contributed by atoms with Crippen molar-refractivity contribution >= 4 is 5.95 Å². The minimum absolute atomic E-state index is 0.488. The van der Waals surface area contributed by atoms with Gasteiger partial charge in [0, 0.05) is 24.1 Å². The van der Waals surface area contributed by atoms with E-state index in [4.69, 9.17) is 0 Å². The predicted octanol–water partition coefficient (Wildman–Crippen LogP) is 3.47. The summed E-state index contributed by atoms with van der Waals surface area (Å²) in [6.45, 7) is 2.24. The van der Waals surface area contributed by atoms with Crippen LogP contribution in [0.5, 0.6) is 0 Å². The Bertz CT molecular complexity index is 499. The van der Waals surface area contributed by atoms with Gasteiger partial charge in [0.05, 0.1) is 0 Å². The molecule has 1 heterocycles. The largest absolute Gasteiger partial charge is 0.353 e. The van der Waals surface area contributed by atoms with Crippen molar-refractivity contribution in [2.45, 2.75) is 32.2 Å². The lowest BCUT2D eigenvalue weighted by atomic mass is 10.2. The van der Waals surface area contributed by atoms with Crippen molar-refractivity contribution in [1.82, 2.24) is 9.55 Å². The number of rotatable bonds is 5. The Morgan fingerprint density at radius 3 is 2.83 bits per heavy atom. The van der Waals surface area contributed by atoms with Gasteiger partial charge in [0.1, 0.15) is 0 Å². The van der Waals surface area contributed by atoms with E-state index in [0.717, 1.165) is 17.6 Å². The summed E-state index contributed by atoms with van der Waals surface area (Å²) in [7, 11) is 0. The zero-order valence-corrected chi connectivity index (χ0v) is 10.7. The maximum Gasteiger partial charge on any atom is 0.207 e. The number of hydrogen-bond acceptors (Lipinski definition) is 2. The SMILES string of the molecule is CC(CC1CC1)Nc1nccn1-c1ccccc1. The molecule has 1 aliphatic rings. The number of hydrogen-bond donors (Lipinski definition) is 1. The molecule has 94 valence electrons. The number of anilines is 1. The highest BCUT2D eigenvalue weighted by molar-refractivity contribution is 5.41. The summed E-state index contributed by atoms with van der Waals surface area (Å²) >= 11 is 0. The summed E-state index contributed by atoms with van der Waals surface area (Å²) in [4.78, 5) is 4.41. The van der Waals surface area contributed by atoms with Gasteiger partial charge in [-0.05, 0) is 31.4 Å². The van der Waals surface area contributed by atoms with E-state index in [1.807, 2.05) is 30.6 Å². The molecule has 1 unspecified atom stereocenters. The maximum absolute atomic E-state index is 4.41. The smallest absolute Gasteiger partial charge is 0.207 e. The van der Waals surface area contributed by atoms with E-state index in [1.165, 1.54) is 19.3 Å². The lowest BCUT2D eigenvalue weighted by Gasteiger charge is -2.15. The van der Waals surface area contributed by atoms with Crippen LogP contribution in [-0.4, -0.2) is 15.6 Å². The summed E-state index contributed by atoms with van der Waals surface area (Å²) in [5.41, 5.74) is 1.15. The van der Waals surface area contributed by atoms with E-state index >= 15 is 0 Å². The van der Waals surface area contributed by atoms with E-state index in [1.54, 1.807) is 0 Å². The lowest BCUT2D eigenvalue weighted by Crippen LogP contribution is -2.18. The number of nitrogens with zero attached hydrogens (tertiary/aromatic N) is 2. The molecule has 0 aliphatic heterocycles. The highest BCUT2D eigenvalue weighted by atomic mass is 15.2. The molecule has 1 atom stereocenters. The van der Waals surface area contributed by atoms with Crippen LogP contribution in [0.15, 0.2) is 42.7 Å². The highest BCUT2D eigenvalue weighted by Crippen LogP contribution is 2.34. The minimum Gasteiger partial charge on any atom is -0.353 e. The molecule has 2 aromatic rings. The van der Waals surface area contributed by atoms with Crippen molar-refractivity contribution in [1.29, 1.82) is 0 Å². The van der Waals surface area contributed by atoms with Gasteiger partial charge in [0.2, 0.25) is 5.95 Å². The van der Waals surface area contributed by atoms with Crippen molar-refractivity contribution in [3.63, 3.8) is 0 Å². The first-order chi connectivity index (χ1) is 8.83. The van der Waals surface area contributed by atoms with Crippen LogP contribution >= 0.6 is 0 Å². The van der Waals surface area contributed by atoms with Crippen LogP contribution in [0.4, 0.5) is 5.95 Å². The molecule has 1 N–H and O–H groups in total. The molecule has 3 rings (SSSR count). The molecular formula is C15H19N3. The molecule has 3 nitrogen and oxygen atoms in total.